The Morgan fingerprint density at radius 2 is 1.95 bits per heavy atom. The summed E-state index contributed by atoms with van der Waals surface area (Å²) in [5.74, 6) is 0.0838. The van der Waals surface area contributed by atoms with E-state index in [2.05, 4.69) is 10.2 Å². The van der Waals surface area contributed by atoms with Crippen LogP contribution in [0.2, 0.25) is 0 Å². The Balaban J connectivity index is 1.85. The summed E-state index contributed by atoms with van der Waals surface area (Å²) in [5.41, 5.74) is 0.536. The lowest BCUT2D eigenvalue weighted by Crippen LogP contribution is -2.45. The molecule has 1 aliphatic carbocycles. The van der Waals surface area contributed by atoms with Crippen molar-refractivity contribution in [3.63, 3.8) is 0 Å². The third kappa shape index (κ3) is 3.12. The molecule has 1 heterocycles. The average molecular weight is 266 g/mol. The molecule has 2 aliphatic rings. The minimum absolute atomic E-state index is 0.0327. The van der Waals surface area contributed by atoms with Crippen LogP contribution in [0.15, 0.2) is 18.2 Å². The van der Waals surface area contributed by atoms with Crippen molar-refractivity contribution in [3.8, 4) is 0 Å². The van der Waals surface area contributed by atoms with E-state index in [4.69, 9.17) is 0 Å². The first-order chi connectivity index (χ1) is 9.24. The number of halogens is 2. The van der Waals surface area contributed by atoms with Crippen LogP contribution >= 0.6 is 0 Å². The molecular weight excluding hydrogens is 246 g/mol. The van der Waals surface area contributed by atoms with Gasteiger partial charge in [0.25, 0.3) is 0 Å². The summed E-state index contributed by atoms with van der Waals surface area (Å²) < 4.78 is 27.5. The van der Waals surface area contributed by atoms with Gasteiger partial charge in [-0.2, -0.15) is 0 Å². The molecule has 0 spiro atoms. The third-order valence-electron chi connectivity index (χ3n) is 4.16. The molecule has 1 aliphatic heterocycles. The van der Waals surface area contributed by atoms with Gasteiger partial charge in [-0.3, -0.25) is 4.90 Å². The number of rotatable bonds is 4. The largest absolute Gasteiger partial charge is 0.314 e. The molecule has 2 nitrogen and oxygen atoms in total. The lowest BCUT2D eigenvalue weighted by Gasteiger charge is -2.35. The first kappa shape index (κ1) is 13.0. The molecular formula is C15H20F2N2. The highest BCUT2D eigenvalue weighted by atomic mass is 19.1. The first-order valence-electron chi connectivity index (χ1n) is 7.14. The molecule has 0 amide bonds. The second-order valence-electron chi connectivity index (χ2n) is 5.65. The van der Waals surface area contributed by atoms with Crippen LogP contribution < -0.4 is 5.32 Å². The smallest absolute Gasteiger partial charge is 0.128 e. The maximum atomic E-state index is 14.0. The van der Waals surface area contributed by atoms with E-state index < -0.39 is 0 Å². The number of nitrogens with one attached hydrogen (secondary N) is 1. The minimum Gasteiger partial charge on any atom is -0.314 e. The Morgan fingerprint density at radius 3 is 2.63 bits per heavy atom. The average Bonchev–Trinajstić information content (AvgIpc) is 3.24. The predicted molar refractivity (Wildman–Crippen MR) is 70.9 cm³/mol. The second kappa shape index (κ2) is 5.55. The number of piperazine rings is 1. The van der Waals surface area contributed by atoms with Gasteiger partial charge < -0.3 is 5.32 Å². The van der Waals surface area contributed by atoms with Gasteiger partial charge in [0, 0.05) is 37.8 Å². The number of nitrogens with zero attached hydrogens (tertiary/aromatic N) is 1. The highest BCUT2D eigenvalue weighted by molar-refractivity contribution is 5.23. The predicted octanol–water partition coefficient (Wildman–Crippen LogP) is 2.71. The van der Waals surface area contributed by atoms with Crippen LogP contribution in [0.25, 0.3) is 0 Å². The van der Waals surface area contributed by atoms with Crippen LogP contribution in [-0.2, 0) is 0 Å². The van der Waals surface area contributed by atoms with Crippen molar-refractivity contribution < 1.29 is 8.78 Å². The zero-order valence-corrected chi connectivity index (χ0v) is 11.0. The van der Waals surface area contributed by atoms with Gasteiger partial charge >= 0.3 is 0 Å². The summed E-state index contributed by atoms with van der Waals surface area (Å²) in [6, 6.07) is 3.87. The van der Waals surface area contributed by atoms with Gasteiger partial charge in [-0.05, 0) is 30.5 Å². The zero-order valence-electron chi connectivity index (χ0n) is 11.0. The van der Waals surface area contributed by atoms with Crippen molar-refractivity contribution in [2.24, 2.45) is 5.92 Å². The van der Waals surface area contributed by atoms with E-state index in [-0.39, 0.29) is 17.7 Å². The quantitative estimate of drug-likeness (QED) is 0.901. The molecule has 1 N–H and O–H groups in total. The van der Waals surface area contributed by atoms with Crippen LogP contribution in [0.3, 0.4) is 0 Å². The monoisotopic (exact) mass is 266 g/mol. The van der Waals surface area contributed by atoms with Gasteiger partial charge in [0.1, 0.15) is 11.6 Å². The molecule has 0 radical (unpaired) electrons. The molecule has 19 heavy (non-hydrogen) atoms. The van der Waals surface area contributed by atoms with Gasteiger partial charge in [0.05, 0.1) is 0 Å². The molecule has 1 saturated carbocycles. The molecule has 3 rings (SSSR count). The lowest BCUT2D eigenvalue weighted by atomic mass is 9.98. The van der Waals surface area contributed by atoms with Crippen molar-refractivity contribution in [3.05, 3.63) is 35.4 Å². The van der Waals surface area contributed by atoms with Gasteiger partial charge in [0.15, 0.2) is 0 Å². The Bertz CT molecular complexity index is 440. The fourth-order valence-electron chi connectivity index (χ4n) is 2.91. The summed E-state index contributed by atoms with van der Waals surface area (Å²) in [4.78, 5) is 2.30. The molecule has 1 atom stereocenters. The molecule has 0 unspecified atom stereocenters. The Morgan fingerprint density at radius 1 is 1.21 bits per heavy atom. The Hall–Kier alpha value is -1.00. The van der Waals surface area contributed by atoms with Crippen LogP contribution in [0, 0.1) is 17.6 Å². The van der Waals surface area contributed by atoms with Gasteiger partial charge in [-0.25, -0.2) is 8.78 Å². The highest BCUT2D eigenvalue weighted by Crippen LogP contribution is 2.40. The van der Waals surface area contributed by atoms with E-state index in [9.17, 15) is 8.78 Å². The van der Waals surface area contributed by atoms with Gasteiger partial charge in [-0.15, -0.1) is 0 Å². The zero-order chi connectivity index (χ0) is 13.2. The second-order valence-corrected chi connectivity index (χ2v) is 5.65. The standard InChI is InChI=1S/C15H20F2N2/c16-12-3-4-14(17)13(10-12)15(9-11-1-2-11)19-7-5-18-6-8-19/h3-4,10-11,15,18H,1-2,5-9H2/t15-/m1/s1. The van der Waals surface area contributed by atoms with Crippen LogP contribution in [-0.4, -0.2) is 31.1 Å². The van der Waals surface area contributed by atoms with Crippen LogP contribution in [0.5, 0.6) is 0 Å². The molecule has 1 saturated heterocycles. The van der Waals surface area contributed by atoms with Crippen molar-refractivity contribution in [1.82, 2.24) is 10.2 Å². The van der Waals surface area contributed by atoms with E-state index in [0.29, 0.717) is 11.5 Å². The van der Waals surface area contributed by atoms with E-state index >= 15 is 0 Å². The number of hydrogen-bond acceptors (Lipinski definition) is 2. The Kier molecular flexibility index (Phi) is 3.80. The summed E-state index contributed by atoms with van der Waals surface area (Å²) >= 11 is 0. The summed E-state index contributed by atoms with van der Waals surface area (Å²) in [6.45, 7) is 3.68. The molecule has 1 aromatic carbocycles. The summed E-state index contributed by atoms with van der Waals surface area (Å²) in [7, 11) is 0. The van der Waals surface area contributed by atoms with Crippen LogP contribution in [0.4, 0.5) is 8.78 Å². The third-order valence-corrected chi connectivity index (χ3v) is 4.16. The van der Waals surface area contributed by atoms with Crippen molar-refractivity contribution >= 4 is 0 Å². The SMILES string of the molecule is Fc1ccc(F)c([C@@H](CC2CC2)N2CCNCC2)c1. The fraction of sp³-hybridized carbons (Fsp3) is 0.600. The van der Waals surface area contributed by atoms with E-state index in [0.717, 1.165) is 32.6 Å². The van der Waals surface area contributed by atoms with E-state index in [1.165, 1.54) is 31.0 Å². The topological polar surface area (TPSA) is 15.3 Å². The normalized spacial score (nSPS) is 22.4. The van der Waals surface area contributed by atoms with Crippen molar-refractivity contribution in [1.29, 1.82) is 0 Å². The van der Waals surface area contributed by atoms with Gasteiger partial charge in [0.2, 0.25) is 0 Å². The van der Waals surface area contributed by atoms with Gasteiger partial charge in [-0.1, -0.05) is 12.8 Å². The molecule has 4 heteroatoms. The maximum absolute atomic E-state index is 14.0. The molecule has 2 fully saturated rings. The number of hydrogen-bond donors (Lipinski definition) is 1. The molecule has 0 bridgehead atoms. The molecule has 0 aromatic heterocycles. The van der Waals surface area contributed by atoms with Crippen LogP contribution in [0.1, 0.15) is 30.9 Å². The number of benzene rings is 1. The van der Waals surface area contributed by atoms with Crippen molar-refractivity contribution in [2.45, 2.75) is 25.3 Å². The molecule has 104 valence electrons. The summed E-state index contributed by atoms with van der Waals surface area (Å²) in [5, 5.41) is 3.31. The van der Waals surface area contributed by atoms with Crippen molar-refractivity contribution in [2.75, 3.05) is 26.2 Å². The maximum Gasteiger partial charge on any atom is 0.128 e. The first-order valence-corrected chi connectivity index (χ1v) is 7.14. The minimum atomic E-state index is -0.340. The van der Waals surface area contributed by atoms with E-state index in [1.54, 1.807) is 0 Å². The summed E-state index contributed by atoms with van der Waals surface area (Å²) in [6.07, 6.45) is 3.43. The lowest BCUT2D eigenvalue weighted by molar-refractivity contribution is 0.157. The van der Waals surface area contributed by atoms with E-state index in [1.807, 2.05) is 0 Å². The Labute approximate surface area is 112 Å². The molecule has 1 aromatic rings. The fourth-order valence-corrected chi connectivity index (χ4v) is 2.91. The highest BCUT2D eigenvalue weighted by Gasteiger charge is 2.31.